The van der Waals surface area contributed by atoms with E-state index in [1.165, 1.54) is 0 Å². The molecule has 0 amide bonds. The SMILES string of the molecule is Cc1ccc(OC(=O)OCl)cc1. The molecule has 0 spiro atoms. The number of ether oxygens (including phenoxy) is 1. The van der Waals surface area contributed by atoms with Crippen molar-refractivity contribution in [3.05, 3.63) is 29.8 Å². The first-order chi connectivity index (χ1) is 5.72. The molecule has 0 fully saturated rings. The topological polar surface area (TPSA) is 35.5 Å². The molecule has 3 nitrogen and oxygen atoms in total. The van der Waals surface area contributed by atoms with E-state index in [1.54, 1.807) is 12.1 Å². The van der Waals surface area contributed by atoms with Crippen LogP contribution in [0.4, 0.5) is 4.79 Å². The molecule has 0 aliphatic heterocycles. The summed E-state index contributed by atoms with van der Waals surface area (Å²) in [4.78, 5) is 10.5. The third kappa shape index (κ3) is 2.43. The highest BCUT2D eigenvalue weighted by atomic mass is 35.5. The lowest BCUT2D eigenvalue weighted by Crippen LogP contribution is -2.04. The standard InChI is InChI=1S/C8H7ClO3/c1-6-2-4-7(5-3-6)11-8(10)12-9/h2-5H,1H3. The Bertz CT molecular complexity index is 268. The van der Waals surface area contributed by atoms with E-state index in [4.69, 9.17) is 11.9 Å². The van der Waals surface area contributed by atoms with Gasteiger partial charge in [0.1, 0.15) is 17.6 Å². The third-order valence-corrected chi connectivity index (χ3v) is 1.41. The second-order valence-corrected chi connectivity index (χ2v) is 2.40. The van der Waals surface area contributed by atoms with Gasteiger partial charge in [0, 0.05) is 0 Å². The van der Waals surface area contributed by atoms with E-state index in [9.17, 15) is 4.79 Å². The highest BCUT2D eigenvalue weighted by molar-refractivity contribution is 6.12. The van der Waals surface area contributed by atoms with Gasteiger partial charge < -0.3 is 9.03 Å². The normalized spacial score (nSPS) is 9.17. The molecule has 0 unspecified atom stereocenters. The molecule has 0 aromatic heterocycles. The number of benzene rings is 1. The maximum absolute atomic E-state index is 10.5. The third-order valence-electron chi connectivity index (χ3n) is 1.29. The minimum Gasteiger partial charge on any atom is -0.394 e. The van der Waals surface area contributed by atoms with E-state index in [2.05, 4.69) is 9.03 Å². The molecule has 1 aromatic carbocycles. The second-order valence-electron chi connectivity index (χ2n) is 2.24. The van der Waals surface area contributed by atoms with Crippen molar-refractivity contribution < 1.29 is 13.8 Å². The Balaban J connectivity index is 2.64. The predicted molar refractivity (Wildman–Crippen MR) is 44.1 cm³/mol. The first-order valence-corrected chi connectivity index (χ1v) is 3.60. The van der Waals surface area contributed by atoms with Crippen molar-refractivity contribution in [2.24, 2.45) is 0 Å². The van der Waals surface area contributed by atoms with Crippen molar-refractivity contribution in [2.45, 2.75) is 6.92 Å². The van der Waals surface area contributed by atoms with Crippen LogP contribution in [0.15, 0.2) is 24.3 Å². The Kier molecular flexibility index (Phi) is 2.94. The highest BCUT2D eigenvalue weighted by Gasteiger charge is 2.03. The number of hydrogen-bond acceptors (Lipinski definition) is 3. The fourth-order valence-electron chi connectivity index (χ4n) is 0.718. The van der Waals surface area contributed by atoms with E-state index < -0.39 is 6.16 Å². The van der Waals surface area contributed by atoms with Crippen molar-refractivity contribution in [2.75, 3.05) is 0 Å². The Morgan fingerprint density at radius 2 is 1.92 bits per heavy atom. The summed E-state index contributed by atoms with van der Waals surface area (Å²) in [5, 5.41) is 0. The van der Waals surface area contributed by atoms with Crippen molar-refractivity contribution in [1.82, 2.24) is 0 Å². The zero-order valence-corrected chi connectivity index (χ0v) is 7.17. The summed E-state index contributed by atoms with van der Waals surface area (Å²) in [5.74, 6) is 0.409. The maximum atomic E-state index is 10.5. The zero-order chi connectivity index (χ0) is 8.97. The van der Waals surface area contributed by atoms with Crippen LogP contribution in [0, 0.1) is 6.92 Å². The van der Waals surface area contributed by atoms with Gasteiger partial charge in [-0.1, -0.05) is 17.7 Å². The van der Waals surface area contributed by atoms with Gasteiger partial charge in [0.05, 0.1) is 0 Å². The molecule has 12 heavy (non-hydrogen) atoms. The Labute approximate surface area is 75.0 Å². The number of carbonyl (C=O) groups is 1. The molecule has 0 radical (unpaired) electrons. The molecule has 0 heterocycles. The molecule has 0 aliphatic carbocycles. The molecule has 1 rings (SSSR count). The Morgan fingerprint density at radius 3 is 2.42 bits per heavy atom. The van der Waals surface area contributed by atoms with E-state index in [0.717, 1.165) is 5.56 Å². The summed E-state index contributed by atoms with van der Waals surface area (Å²) >= 11 is 4.76. The largest absolute Gasteiger partial charge is 0.532 e. The van der Waals surface area contributed by atoms with Gasteiger partial charge in [-0.25, -0.2) is 4.79 Å². The van der Waals surface area contributed by atoms with Gasteiger partial charge in [-0.15, -0.1) is 0 Å². The summed E-state index contributed by atoms with van der Waals surface area (Å²) in [5.41, 5.74) is 1.08. The highest BCUT2D eigenvalue weighted by Crippen LogP contribution is 2.12. The van der Waals surface area contributed by atoms with E-state index >= 15 is 0 Å². The molecule has 0 atom stereocenters. The second kappa shape index (κ2) is 3.97. The Hall–Kier alpha value is -1.22. The van der Waals surface area contributed by atoms with Gasteiger partial charge in [0.2, 0.25) is 0 Å². The molecule has 0 saturated heterocycles. The van der Waals surface area contributed by atoms with E-state index in [0.29, 0.717) is 5.75 Å². The van der Waals surface area contributed by atoms with Gasteiger partial charge in [-0.2, -0.15) is 0 Å². The minimum atomic E-state index is -0.930. The zero-order valence-electron chi connectivity index (χ0n) is 6.41. The fraction of sp³-hybridized carbons (Fsp3) is 0.125. The molecule has 0 saturated carbocycles. The van der Waals surface area contributed by atoms with Crippen LogP contribution in [0.1, 0.15) is 5.56 Å². The molecule has 64 valence electrons. The van der Waals surface area contributed by atoms with Crippen molar-refractivity contribution >= 4 is 18.0 Å². The van der Waals surface area contributed by atoms with Gasteiger partial charge >= 0.3 is 6.16 Å². The first kappa shape index (κ1) is 8.87. The van der Waals surface area contributed by atoms with Crippen LogP contribution in [0.3, 0.4) is 0 Å². The van der Waals surface area contributed by atoms with Crippen LogP contribution in [0.2, 0.25) is 0 Å². The number of aryl methyl sites for hydroxylation is 1. The summed E-state index contributed by atoms with van der Waals surface area (Å²) in [7, 11) is 0. The van der Waals surface area contributed by atoms with Crippen molar-refractivity contribution in [3.63, 3.8) is 0 Å². The van der Waals surface area contributed by atoms with Crippen LogP contribution in [0.5, 0.6) is 5.75 Å². The summed E-state index contributed by atoms with van der Waals surface area (Å²) in [6.45, 7) is 1.93. The molecular formula is C8H7ClO3. The quantitative estimate of drug-likeness (QED) is 0.500. The molecule has 0 N–H and O–H groups in total. The van der Waals surface area contributed by atoms with Crippen LogP contribution < -0.4 is 4.74 Å². The first-order valence-electron chi connectivity index (χ1n) is 3.29. The predicted octanol–water partition coefficient (Wildman–Crippen LogP) is 2.66. The fourth-order valence-corrected chi connectivity index (χ4v) is 0.750. The van der Waals surface area contributed by atoms with Crippen LogP contribution >= 0.6 is 11.9 Å². The van der Waals surface area contributed by atoms with Crippen molar-refractivity contribution in [3.8, 4) is 5.75 Å². The number of hydrogen-bond donors (Lipinski definition) is 0. The molecular weight excluding hydrogens is 180 g/mol. The summed E-state index contributed by atoms with van der Waals surface area (Å²) in [6.07, 6.45) is -0.930. The van der Waals surface area contributed by atoms with E-state index in [1.807, 2.05) is 19.1 Å². The molecule has 4 heteroatoms. The lowest BCUT2D eigenvalue weighted by molar-refractivity contribution is 0.156. The van der Waals surface area contributed by atoms with Crippen molar-refractivity contribution in [1.29, 1.82) is 0 Å². The monoisotopic (exact) mass is 186 g/mol. The van der Waals surface area contributed by atoms with Gasteiger partial charge in [0.25, 0.3) is 0 Å². The van der Waals surface area contributed by atoms with Crippen LogP contribution in [-0.2, 0) is 4.29 Å². The molecule has 0 bridgehead atoms. The van der Waals surface area contributed by atoms with Gasteiger partial charge in [-0.05, 0) is 19.1 Å². The summed E-state index contributed by atoms with van der Waals surface area (Å²) in [6, 6.07) is 6.94. The number of halogens is 1. The van der Waals surface area contributed by atoms with E-state index in [-0.39, 0.29) is 0 Å². The van der Waals surface area contributed by atoms with Crippen LogP contribution in [0.25, 0.3) is 0 Å². The summed E-state index contributed by atoms with van der Waals surface area (Å²) < 4.78 is 8.42. The average molecular weight is 187 g/mol. The van der Waals surface area contributed by atoms with Gasteiger partial charge in [-0.3, -0.25) is 0 Å². The average Bonchev–Trinajstić information content (AvgIpc) is 2.09. The molecule has 0 aliphatic rings. The van der Waals surface area contributed by atoms with Crippen LogP contribution in [-0.4, -0.2) is 6.16 Å². The number of rotatable bonds is 1. The smallest absolute Gasteiger partial charge is 0.394 e. The lowest BCUT2D eigenvalue weighted by Gasteiger charge is -1.99. The molecule has 1 aromatic rings. The minimum absolute atomic E-state index is 0.409. The Morgan fingerprint density at radius 1 is 1.33 bits per heavy atom. The lowest BCUT2D eigenvalue weighted by atomic mass is 10.2. The maximum Gasteiger partial charge on any atom is 0.532 e. The number of carbonyl (C=O) groups excluding carboxylic acids is 1. The van der Waals surface area contributed by atoms with Gasteiger partial charge in [0.15, 0.2) is 0 Å².